The van der Waals surface area contributed by atoms with E-state index in [1.807, 2.05) is 31.1 Å². The Kier molecular flexibility index (Phi) is 5.06. The molecule has 4 saturated carbocycles. The fourth-order valence-corrected chi connectivity index (χ4v) is 9.72. The summed E-state index contributed by atoms with van der Waals surface area (Å²) in [4.78, 5) is 2.85. The lowest BCUT2D eigenvalue weighted by atomic mass is 9.34. The molecule has 1 N–H and O–H groups in total. The van der Waals surface area contributed by atoms with Crippen LogP contribution in [-0.4, -0.2) is 60.2 Å². The third kappa shape index (κ3) is 2.86. The zero-order chi connectivity index (χ0) is 24.2. The molecular weight excluding hydrogens is 553 g/mol. The van der Waals surface area contributed by atoms with Gasteiger partial charge in [-0.15, -0.1) is 0 Å². The van der Waals surface area contributed by atoms with E-state index in [2.05, 4.69) is 39.6 Å². The van der Waals surface area contributed by atoms with Crippen LogP contribution in [0, 0.1) is 17.3 Å². The van der Waals surface area contributed by atoms with Crippen LogP contribution in [0.1, 0.15) is 63.5 Å². The molecule has 5 fully saturated rings. The maximum atomic E-state index is 11.5. The van der Waals surface area contributed by atoms with E-state index >= 15 is 0 Å². The van der Waals surface area contributed by atoms with E-state index in [0.717, 1.165) is 56.1 Å². The number of methoxy groups -OCH3 is 1. The lowest BCUT2D eigenvalue weighted by Crippen LogP contribution is -2.82. The summed E-state index contributed by atoms with van der Waals surface area (Å²) < 4.78 is 21.9. The van der Waals surface area contributed by atoms with Gasteiger partial charge in [-0.3, -0.25) is 4.90 Å². The van der Waals surface area contributed by atoms with Crippen molar-refractivity contribution in [3.63, 3.8) is 0 Å². The average molecular weight is 592 g/mol. The van der Waals surface area contributed by atoms with Gasteiger partial charge in [0.2, 0.25) is 0 Å². The lowest BCUT2D eigenvalue weighted by molar-refractivity contribution is -0.300. The van der Waals surface area contributed by atoms with Crippen molar-refractivity contribution in [2.45, 2.75) is 87.6 Å². The van der Waals surface area contributed by atoms with E-state index in [-0.39, 0.29) is 22.9 Å². The molecule has 1 aromatic rings. The molecule has 6 atom stereocenters. The second-order valence-corrected chi connectivity index (χ2v) is 13.4. The number of piperidine rings is 1. The summed E-state index contributed by atoms with van der Waals surface area (Å²) >= 11 is 2.24. The number of hydrogen-bond donors (Lipinski definition) is 1. The molecule has 6 heteroatoms. The number of halogens is 1. The van der Waals surface area contributed by atoms with Gasteiger partial charge >= 0.3 is 0 Å². The van der Waals surface area contributed by atoms with E-state index in [4.69, 9.17) is 14.2 Å². The Balaban J connectivity index is 1.43. The number of hydrogen-bond acceptors (Lipinski definition) is 5. The molecule has 5 aliphatic carbocycles. The first-order valence-corrected chi connectivity index (χ1v) is 14.8. The highest BCUT2D eigenvalue weighted by Gasteiger charge is 2.81. The summed E-state index contributed by atoms with van der Waals surface area (Å²) in [6.45, 7) is 6.89. The zero-order valence-electron chi connectivity index (χ0n) is 21.2. The Labute approximate surface area is 222 Å². The van der Waals surface area contributed by atoms with E-state index in [0.29, 0.717) is 12.6 Å². The molecule has 1 aromatic carbocycles. The zero-order valence-corrected chi connectivity index (χ0v) is 23.3. The molecule has 0 amide bonds. The third-order valence-corrected chi connectivity index (χ3v) is 11.4. The van der Waals surface area contributed by atoms with E-state index < -0.39 is 11.2 Å². The van der Waals surface area contributed by atoms with E-state index in [9.17, 15) is 5.11 Å². The molecule has 35 heavy (non-hydrogen) atoms. The molecule has 0 aromatic heterocycles. The van der Waals surface area contributed by atoms with Crippen LogP contribution in [-0.2, 0) is 16.6 Å². The van der Waals surface area contributed by atoms with Crippen molar-refractivity contribution < 1.29 is 19.3 Å². The van der Waals surface area contributed by atoms with Crippen LogP contribution in [0.25, 0.3) is 0 Å². The number of benzene rings is 1. The summed E-state index contributed by atoms with van der Waals surface area (Å²) in [5, 5.41) is 11.5. The number of nitrogens with zero attached hydrogens (tertiary/aromatic N) is 1. The lowest BCUT2D eigenvalue weighted by Gasteiger charge is -2.75. The molecule has 0 unspecified atom stereocenters. The van der Waals surface area contributed by atoms with Gasteiger partial charge in [0, 0.05) is 42.0 Å². The van der Waals surface area contributed by atoms with Crippen molar-refractivity contribution in [3.05, 3.63) is 33.4 Å². The van der Waals surface area contributed by atoms with Gasteiger partial charge in [0.25, 0.3) is 0 Å². The average Bonchev–Trinajstić information content (AvgIpc) is 3.58. The second-order valence-electron chi connectivity index (χ2n) is 12.7. The van der Waals surface area contributed by atoms with Crippen molar-refractivity contribution in [3.8, 4) is 11.5 Å². The van der Waals surface area contributed by atoms with Crippen molar-refractivity contribution in [1.29, 1.82) is 0 Å². The molecule has 8 rings (SSSR count). The first kappa shape index (κ1) is 23.3. The van der Waals surface area contributed by atoms with Gasteiger partial charge in [-0.05, 0) is 93.0 Å². The van der Waals surface area contributed by atoms with Crippen LogP contribution in [0.3, 0.4) is 0 Å². The first-order chi connectivity index (χ1) is 16.8. The number of fused-ring (bicyclic) bond motifs is 2. The highest BCUT2D eigenvalue weighted by molar-refractivity contribution is 14.1. The Morgan fingerprint density at radius 1 is 1.26 bits per heavy atom. The van der Waals surface area contributed by atoms with Crippen molar-refractivity contribution >= 4 is 22.6 Å². The van der Waals surface area contributed by atoms with Crippen LogP contribution in [0.2, 0.25) is 0 Å². The van der Waals surface area contributed by atoms with E-state index in [1.54, 1.807) is 0 Å². The Morgan fingerprint density at radius 3 is 2.80 bits per heavy atom. The SMILES string of the molecule is CO[C@@]12CC[C@@]3(C[C@@H]1C(C)(C)O)[C@H]1Cc4ccc(OC/C=C/I)c5c4[C@@]3(CCN1CC1CC1)[C@H]2O5. The summed E-state index contributed by atoms with van der Waals surface area (Å²) in [6.07, 6.45) is 10.0. The van der Waals surface area contributed by atoms with Crippen LogP contribution in [0.15, 0.2) is 22.3 Å². The number of ether oxygens (including phenoxy) is 3. The summed E-state index contributed by atoms with van der Waals surface area (Å²) in [6, 6.07) is 4.97. The molecule has 190 valence electrons. The molecule has 2 aliphatic heterocycles. The fraction of sp³-hybridized carbons (Fsp3) is 0.724. The predicted molar refractivity (Wildman–Crippen MR) is 143 cm³/mol. The monoisotopic (exact) mass is 591 g/mol. The van der Waals surface area contributed by atoms with E-state index in [1.165, 1.54) is 30.5 Å². The second kappa shape index (κ2) is 7.61. The highest BCUT2D eigenvalue weighted by Crippen LogP contribution is 2.77. The Morgan fingerprint density at radius 2 is 2.09 bits per heavy atom. The molecule has 2 spiro atoms. The van der Waals surface area contributed by atoms with Crippen molar-refractivity contribution in [2.75, 3.05) is 26.8 Å². The summed E-state index contributed by atoms with van der Waals surface area (Å²) in [5.41, 5.74) is 1.61. The van der Waals surface area contributed by atoms with Gasteiger partial charge < -0.3 is 19.3 Å². The first-order valence-electron chi connectivity index (χ1n) is 13.5. The number of likely N-dealkylation sites (tertiary alicyclic amines) is 1. The quantitative estimate of drug-likeness (QED) is 0.452. The molecule has 5 nitrogen and oxygen atoms in total. The van der Waals surface area contributed by atoms with Gasteiger partial charge in [0.15, 0.2) is 11.5 Å². The fourth-order valence-electron chi connectivity index (χ4n) is 9.51. The minimum absolute atomic E-state index is 0.0393. The van der Waals surface area contributed by atoms with Crippen molar-refractivity contribution in [2.24, 2.45) is 17.3 Å². The Bertz CT molecular complexity index is 1080. The number of rotatable bonds is 7. The molecule has 4 bridgehead atoms. The smallest absolute Gasteiger partial charge is 0.166 e. The molecule has 2 heterocycles. The molecule has 0 radical (unpaired) electrons. The molecule has 7 aliphatic rings. The predicted octanol–water partition coefficient (Wildman–Crippen LogP) is 5.01. The van der Waals surface area contributed by atoms with Crippen LogP contribution >= 0.6 is 22.6 Å². The van der Waals surface area contributed by atoms with Crippen LogP contribution in [0.5, 0.6) is 11.5 Å². The van der Waals surface area contributed by atoms with Gasteiger partial charge in [0.1, 0.15) is 18.3 Å². The largest absolute Gasteiger partial charge is 0.486 e. The van der Waals surface area contributed by atoms with Gasteiger partial charge in [-0.25, -0.2) is 0 Å². The van der Waals surface area contributed by atoms with Gasteiger partial charge in [-0.2, -0.15) is 0 Å². The van der Waals surface area contributed by atoms with Crippen molar-refractivity contribution in [1.82, 2.24) is 4.90 Å². The maximum absolute atomic E-state index is 11.5. The molecule has 1 saturated heterocycles. The molecular formula is C29H38INO4. The van der Waals surface area contributed by atoms with Gasteiger partial charge in [-0.1, -0.05) is 28.7 Å². The standard InChI is InChI=1S/C29H38INO4/c1-26(2,32)21-16-27-9-10-29(21,33-3)25-28(27)11-13-31(17-18-5-6-18)22(27)15-19-7-8-20(34-14-4-12-30)24(35-25)23(19)28/h4,7-8,12,18,21-22,25,32H,5-6,9-11,13-17H2,1-3H3/b12-4+/t21-,22-,25-,27-,28+,29+/m1/s1. The van der Waals surface area contributed by atoms with Gasteiger partial charge in [0.05, 0.1) is 5.60 Å². The minimum atomic E-state index is -0.830. The summed E-state index contributed by atoms with van der Waals surface area (Å²) in [5.74, 6) is 2.75. The normalized spacial score (nSPS) is 41.2. The van der Waals surface area contributed by atoms with Crippen LogP contribution < -0.4 is 9.47 Å². The third-order valence-electron chi connectivity index (χ3n) is 10.9. The Hall–Kier alpha value is -0.830. The topological polar surface area (TPSA) is 51.2 Å². The minimum Gasteiger partial charge on any atom is -0.486 e. The van der Waals surface area contributed by atoms with Crippen LogP contribution in [0.4, 0.5) is 0 Å². The maximum Gasteiger partial charge on any atom is 0.166 e. The highest BCUT2D eigenvalue weighted by atomic mass is 127. The number of aliphatic hydroxyl groups is 1. The summed E-state index contributed by atoms with van der Waals surface area (Å²) in [7, 11) is 1.85.